The molecule has 0 spiro atoms. The first-order valence-corrected chi connectivity index (χ1v) is 9.36. The lowest BCUT2D eigenvalue weighted by Gasteiger charge is -2.03. The minimum absolute atomic E-state index is 0. The average Bonchev–Trinajstić information content (AvgIpc) is 3.01. The molecule has 0 aliphatic heterocycles. The Labute approximate surface area is 192 Å². The summed E-state index contributed by atoms with van der Waals surface area (Å²) < 4.78 is 3.34. The second kappa shape index (κ2) is 9.90. The van der Waals surface area contributed by atoms with Gasteiger partial charge in [0.2, 0.25) is 17.9 Å². The lowest BCUT2D eigenvalue weighted by Crippen LogP contribution is -3.00. The van der Waals surface area contributed by atoms with Crippen molar-refractivity contribution in [2.24, 2.45) is 0 Å². The average molecular weight is 523 g/mol. The molecule has 3 rings (SSSR count). The number of ketones is 2. The van der Waals surface area contributed by atoms with E-state index in [0.29, 0.717) is 31.2 Å². The maximum Gasteiger partial charge on any atom is 0.244 e. The van der Waals surface area contributed by atoms with Gasteiger partial charge in [-0.3, -0.25) is 9.59 Å². The largest absolute Gasteiger partial charge is 1.00 e. The molecule has 0 amide bonds. The summed E-state index contributed by atoms with van der Waals surface area (Å²) in [5.74, 6) is -0.321. The molecule has 0 aliphatic rings. The summed E-state index contributed by atoms with van der Waals surface area (Å²) in [5.41, 5.74) is 0.788. The minimum atomic E-state index is -0.161. The van der Waals surface area contributed by atoms with Gasteiger partial charge in [-0.1, -0.05) is 46.4 Å². The van der Waals surface area contributed by atoms with Gasteiger partial charge in [0, 0.05) is 21.2 Å². The van der Waals surface area contributed by atoms with Crippen molar-refractivity contribution >= 4 is 58.0 Å². The maximum absolute atomic E-state index is 12.4. The molecular weight excluding hydrogens is 510 g/mol. The molecule has 0 radical (unpaired) electrons. The molecule has 2 aromatic carbocycles. The Hall–Kier alpha value is -1.37. The Kier molecular flexibility index (Phi) is 8.10. The second-order valence-corrected chi connectivity index (χ2v) is 7.54. The molecule has 0 fully saturated rings. The van der Waals surface area contributed by atoms with E-state index in [1.165, 1.54) is 12.1 Å². The van der Waals surface area contributed by atoms with Crippen LogP contribution in [0, 0.1) is 0 Å². The Morgan fingerprint density at radius 1 is 0.857 bits per heavy atom. The highest BCUT2D eigenvalue weighted by atomic mass is 79.9. The summed E-state index contributed by atoms with van der Waals surface area (Å²) in [5, 5.41) is 1.55. The number of imidazole rings is 1. The van der Waals surface area contributed by atoms with Gasteiger partial charge in [-0.2, -0.15) is 0 Å². The van der Waals surface area contributed by atoms with Crippen molar-refractivity contribution in [3.63, 3.8) is 0 Å². The number of aromatic nitrogens is 2. The van der Waals surface area contributed by atoms with E-state index in [0.717, 1.165) is 0 Å². The molecule has 0 N–H and O–H groups in total. The van der Waals surface area contributed by atoms with E-state index in [9.17, 15) is 9.59 Å². The molecule has 146 valence electrons. The summed E-state index contributed by atoms with van der Waals surface area (Å²) in [6, 6.07) is 9.48. The van der Waals surface area contributed by atoms with Crippen LogP contribution in [0.4, 0.5) is 0 Å². The molecule has 0 aliphatic carbocycles. The number of nitrogens with zero attached hydrogens (tertiary/aromatic N) is 2. The zero-order valence-corrected chi connectivity index (χ0v) is 18.8. The van der Waals surface area contributed by atoms with Crippen LogP contribution in [0.2, 0.25) is 20.1 Å². The Morgan fingerprint density at radius 2 is 1.39 bits per heavy atom. The maximum atomic E-state index is 12.4. The highest BCUT2D eigenvalue weighted by Gasteiger charge is 2.17. The van der Waals surface area contributed by atoms with Crippen LogP contribution in [-0.4, -0.2) is 16.1 Å². The van der Waals surface area contributed by atoms with Crippen molar-refractivity contribution < 1.29 is 31.1 Å². The number of halogens is 5. The van der Waals surface area contributed by atoms with Gasteiger partial charge < -0.3 is 17.0 Å². The van der Waals surface area contributed by atoms with Crippen LogP contribution in [-0.2, 0) is 13.1 Å². The summed E-state index contributed by atoms with van der Waals surface area (Å²) >= 11 is 23.8. The van der Waals surface area contributed by atoms with E-state index in [2.05, 4.69) is 0 Å². The van der Waals surface area contributed by atoms with E-state index in [-0.39, 0.29) is 41.6 Å². The number of Topliss-reactive ketones (excluding diaryl/α,β-unsaturated/α-hetero) is 2. The molecule has 1 heterocycles. The van der Waals surface area contributed by atoms with Crippen molar-refractivity contribution in [3.8, 4) is 0 Å². The quantitative estimate of drug-likeness (QED) is 0.368. The van der Waals surface area contributed by atoms with Crippen LogP contribution < -0.4 is 21.5 Å². The molecule has 3 aromatic rings. The molecule has 4 nitrogen and oxygen atoms in total. The predicted octanol–water partition coefficient (Wildman–Crippen LogP) is 2.16. The van der Waals surface area contributed by atoms with Gasteiger partial charge in [0.05, 0.1) is 10.0 Å². The van der Waals surface area contributed by atoms with Crippen LogP contribution in [0.25, 0.3) is 0 Å². The normalized spacial score (nSPS) is 10.4. The van der Waals surface area contributed by atoms with E-state index in [1.54, 1.807) is 52.1 Å². The zero-order valence-electron chi connectivity index (χ0n) is 14.2. The highest BCUT2D eigenvalue weighted by Crippen LogP contribution is 2.22. The molecular formula is C19H13BrCl4N2O2. The Bertz CT molecular complexity index is 957. The van der Waals surface area contributed by atoms with Gasteiger partial charge >= 0.3 is 0 Å². The molecule has 28 heavy (non-hydrogen) atoms. The SMILES string of the molecule is O=C(Cn1cc[n+](CC(=O)c2ccc(Cl)cc2Cl)c1)c1ccc(Cl)cc1Cl.[Br-]. The lowest BCUT2D eigenvalue weighted by molar-refractivity contribution is -0.682. The molecule has 0 bridgehead atoms. The first-order valence-electron chi connectivity index (χ1n) is 7.85. The fourth-order valence-corrected chi connectivity index (χ4v) is 3.59. The second-order valence-electron chi connectivity index (χ2n) is 5.85. The zero-order chi connectivity index (χ0) is 19.6. The van der Waals surface area contributed by atoms with E-state index >= 15 is 0 Å². The third kappa shape index (κ3) is 5.58. The van der Waals surface area contributed by atoms with Gasteiger partial charge in [0.25, 0.3) is 0 Å². The third-order valence-electron chi connectivity index (χ3n) is 3.86. The van der Waals surface area contributed by atoms with Crippen LogP contribution in [0.3, 0.4) is 0 Å². The van der Waals surface area contributed by atoms with Crippen molar-refractivity contribution in [2.75, 3.05) is 0 Å². The summed E-state index contributed by atoms with van der Waals surface area (Å²) in [4.78, 5) is 24.8. The van der Waals surface area contributed by atoms with Crippen LogP contribution in [0.1, 0.15) is 20.7 Å². The van der Waals surface area contributed by atoms with Crippen molar-refractivity contribution in [2.45, 2.75) is 13.1 Å². The standard InChI is InChI=1S/C19H13Cl4N2O2.BrH/c20-12-1-3-14(16(22)7-12)18(26)9-24-5-6-25(11-24)10-19(27)15-4-2-13(21)8-17(15)23;/h1-8,11H,9-10H2;1H/q+1;/p-1. The molecule has 0 saturated heterocycles. The van der Waals surface area contributed by atoms with Gasteiger partial charge in [0.1, 0.15) is 12.4 Å². The summed E-state index contributed by atoms with van der Waals surface area (Å²) in [6.07, 6.45) is 5.08. The lowest BCUT2D eigenvalue weighted by atomic mass is 10.1. The first kappa shape index (κ1) is 22.9. The Morgan fingerprint density at radius 3 is 1.93 bits per heavy atom. The summed E-state index contributed by atoms with van der Waals surface area (Å²) in [6.45, 7) is 0.175. The number of hydrogen-bond donors (Lipinski definition) is 0. The van der Waals surface area contributed by atoms with Crippen molar-refractivity contribution in [1.29, 1.82) is 0 Å². The van der Waals surface area contributed by atoms with Crippen LogP contribution in [0.15, 0.2) is 55.1 Å². The number of rotatable bonds is 6. The van der Waals surface area contributed by atoms with Gasteiger partial charge in [0.15, 0.2) is 13.1 Å². The molecule has 0 atom stereocenters. The van der Waals surface area contributed by atoms with Gasteiger partial charge in [-0.15, -0.1) is 0 Å². The van der Waals surface area contributed by atoms with E-state index < -0.39 is 0 Å². The molecule has 1 aromatic heterocycles. The molecule has 0 unspecified atom stereocenters. The molecule has 0 saturated carbocycles. The number of benzene rings is 2. The van der Waals surface area contributed by atoms with Crippen molar-refractivity contribution in [3.05, 3.63) is 86.3 Å². The Balaban J connectivity index is 0.00000280. The van der Waals surface area contributed by atoms with Gasteiger partial charge in [-0.25, -0.2) is 9.13 Å². The first-order chi connectivity index (χ1) is 12.8. The minimum Gasteiger partial charge on any atom is -1.00 e. The highest BCUT2D eigenvalue weighted by molar-refractivity contribution is 6.37. The van der Waals surface area contributed by atoms with E-state index in [1.807, 2.05) is 0 Å². The smallest absolute Gasteiger partial charge is 0.244 e. The topological polar surface area (TPSA) is 43.0 Å². The predicted molar refractivity (Wildman–Crippen MR) is 106 cm³/mol. The number of hydrogen-bond acceptors (Lipinski definition) is 2. The fourth-order valence-electron chi connectivity index (χ4n) is 2.56. The molecule has 9 heteroatoms. The monoisotopic (exact) mass is 520 g/mol. The number of carbonyl (C=O) groups is 2. The van der Waals surface area contributed by atoms with Crippen LogP contribution >= 0.6 is 46.4 Å². The fraction of sp³-hybridized carbons (Fsp3) is 0.105. The number of carbonyl (C=O) groups excluding carboxylic acids is 2. The van der Waals surface area contributed by atoms with E-state index in [4.69, 9.17) is 46.4 Å². The third-order valence-corrected chi connectivity index (χ3v) is 4.96. The van der Waals surface area contributed by atoms with Crippen molar-refractivity contribution in [1.82, 2.24) is 4.57 Å². The van der Waals surface area contributed by atoms with Crippen LogP contribution in [0.5, 0.6) is 0 Å². The summed E-state index contributed by atoms with van der Waals surface area (Å²) in [7, 11) is 0. The van der Waals surface area contributed by atoms with Gasteiger partial charge in [-0.05, 0) is 36.4 Å².